The van der Waals surface area contributed by atoms with Gasteiger partial charge in [-0.3, -0.25) is 9.20 Å². The summed E-state index contributed by atoms with van der Waals surface area (Å²) in [6.07, 6.45) is 2.85. The molecule has 98 valence electrons. The van der Waals surface area contributed by atoms with Crippen molar-refractivity contribution in [2.45, 2.75) is 6.92 Å². The number of nitrogens with one attached hydrogen (secondary N) is 1. The predicted molar refractivity (Wildman–Crippen MR) is 74.9 cm³/mol. The second-order valence-corrected chi connectivity index (χ2v) is 4.10. The highest BCUT2D eigenvalue weighted by Gasteiger charge is 2.12. The zero-order chi connectivity index (χ0) is 14.7. The van der Waals surface area contributed by atoms with Gasteiger partial charge in [-0.2, -0.15) is 10.5 Å². The normalized spacial score (nSPS) is 9.60. The van der Waals surface area contributed by atoms with Gasteiger partial charge in [0.15, 0.2) is 0 Å². The number of nitriles is 2. The first-order valence-corrected chi connectivity index (χ1v) is 5.84. The van der Waals surface area contributed by atoms with Gasteiger partial charge >= 0.3 is 0 Å². The average molecular weight is 265 g/mol. The fourth-order valence-corrected chi connectivity index (χ4v) is 1.87. The van der Waals surface area contributed by atoms with Crippen molar-refractivity contribution in [1.82, 2.24) is 9.38 Å². The van der Waals surface area contributed by atoms with E-state index in [0.29, 0.717) is 11.5 Å². The van der Waals surface area contributed by atoms with E-state index in [1.54, 1.807) is 31.4 Å². The van der Waals surface area contributed by atoms with Crippen LogP contribution in [0.15, 0.2) is 28.7 Å². The lowest BCUT2D eigenvalue weighted by molar-refractivity contribution is 1.02. The molecule has 0 spiro atoms. The molecule has 2 rings (SSSR count). The zero-order valence-corrected chi connectivity index (χ0v) is 11.0. The molecule has 0 fully saturated rings. The molecule has 6 heteroatoms. The molecule has 0 bridgehead atoms. The van der Waals surface area contributed by atoms with E-state index in [9.17, 15) is 4.79 Å². The third-order valence-electron chi connectivity index (χ3n) is 2.85. The van der Waals surface area contributed by atoms with E-state index in [0.717, 1.165) is 5.56 Å². The molecule has 2 heterocycles. The number of aromatic nitrogens is 2. The highest BCUT2D eigenvalue weighted by molar-refractivity contribution is 5.71. The smallest absolute Gasteiger partial charge is 0.267 e. The molecular weight excluding hydrogens is 254 g/mol. The Hall–Kier alpha value is -3.12. The van der Waals surface area contributed by atoms with Crippen LogP contribution in [-0.2, 0) is 0 Å². The molecule has 2 aromatic rings. The van der Waals surface area contributed by atoms with Crippen LogP contribution in [0.4, 0.5) is 5.82 Å². The number of allylic oxidation sites excluding steroid dienone is 1. The van der Waals surface area contributed by atoms with Crippen molar-refractivity contribution in [1.29, 1.82) is 10.5 Å². The minimum absolute atomic E-state index is 0.145. The van der Waals surface area contributed by atoms with Crippen LogP contribution in [0.1, 0.15) is 11.1 Å². The average Bonchev–Trinajstić information content (AvgIpc) is 2.47. The standard InChI is InChI=1S/C14H11N5O/c1-9-4-3-5-19-13(9)18-12(17-2)11(14(19)20)6-10(7-15)8-16/h3-6,17H,1-2H3. The van der Waals surface area contributed by atoms with Gasteiger partial charge in [-0.1, -0.05) is 6.07 Å². The van der Waals surface area contributed by atoms with Crippen LogP contribution < -0.4 is 10.9 Å². The number of rotatable bonds is 2. The highest BCUT2D eigenvalue weighted by atomic mass is 16.1. The van der Waals surface area contributed by atoms with E-state index < -0.39 is 0 Å². The van der Waals surface area contributed by atoms with E-state index in [-0.39, 0.29) is 16.7 Å². The SMILES string of the molecule is CNc1nc2c(C)cccn2c(=O)c1C=C(C#N)C#N. The maximum absolute atomic E-state index is 12.4. The Labute approximate surface area is 115 Å². The lowest BCUT2D eigenvalue weighted by atomic mass is 10.2. The Kier molecular flexibility index (Phi) is 3.49. The van der Waals surface area contributed by atoms with Crippen LogP contribution in [0.25, 0.3) is 11.7 Å². The molecule has 0 aliphatic carbocycles. The molecular formula is C14H11N5O. The summed E-state index contributed by atoms with van der Waals surface area (Å²) < 4.78 is 1.40. The molecule has 2 aromatic heterocycles. The molecule has 0 aromatic carbocycles. The van der Waals surface area contributed by atoms with Gasteiger partial charge in [0.1, 0.15) is 29.2 Å². The monoisotopic (exact) mass is 265 g/mol. The van der Waals surface area contributed by atoms with Gasteiger partial charge in [-0.05, 0) is 24.6 Å². The van der Waals surface area contributed by atoms with Gasteiger partial charge in [0.2, 0.25) is 0 Å². The van der Waals surface area contributed by atoms with Crippen molar-refractivity contribution in [3.8, 4) is 12.1 Å². The van der Waals surface area contributed by atoms with Gasteiger partial charge < -0.3 is 5.32 Å². The summed E-state index contributed by atoms with van der Waals surface area (Å²) in [6, 6.07) is 7.07. The van der Waals surface area contributed by atoms with E-state index in [1.165, 1.54) is 10.5 Å². The maximum atomic E-state index is 12.4. The molecule has 0 aliphatic rings. The molecule has 6 nitrogen and oxygen atoms in total. The van der Waals surface area contributed by atoms with E-state index >= 15 is 0 Å². The van der Waals surface area contributed by atoms with Crippen molar-refractivity contribution in [3.63, 3.8) is 0 Å². The molecule has 0 saturated heterocycles. The molecule has 0 aliphatic heterocycles. The Balaban J connectivity index is 2.90. The van der Waals surface area contributed by atoms with Crippen LogP contribution in [0.3, 0.4) is 0 Å². The lowest BCUT2D eigenvalue weighted by Gasteiger charge is -2.09. The van der Waals surface area contributed by atoms with Crippen molar-refractivity contribution in [2.75, 3.05) is 12.4 Å². The highest BCUT2D eigenvalue weighted by Crippen LogP contribution is 2.15. The largest absolute Gasteiger partial charge is 0.372 e. The number of fused-ring (bicyclic) bond motifs is 1. The molecule has 0 radical (unpaired) electrons. The van der Waals surface area contributed by atoms with Crippen molar-refractivity contribution < 1.29 is 0 Å². The van der Waals surface area contributed by atoms with E-state index in [2.05, 4.69) is 10.3 Å². The molecule has 1 N–H and O–H groups in total. The first kappa shape index (κ1) is 13.3. The van der Waals surface area contributed by atoms with Crippen LogP contribution >= 0.6 is 0 Å². The third-order valence-corrected chi connectivity index (χ3v) is 2.85. The Morgan fingerprint density at radius 3 is 2.75 bits per heavy atom. The number of anilines is 1. The van der Waals surface area contributed by atoms with Crippen LogP contribution in [0.5, 0.6) is 0 Å². The number of nitrogens with zero attached hydrogens (tertiary/aromatic N) is 4. The summed E-state index contributed by atoms with van der Waals surface area (Å²) in [7, 11) is 1.63. The maximum Gasteiger partial charge on any atom is 0.267 e. The molecule has 20 heavy (non-hydrogen) atoms. The number of pyridine rings is 1. The topological polar surface area (TPSA) is 94.0 Å². The summed E-state index contributed by atoms with van der Waals surface area (Å²) in [6.45, 7) is 1.85. The summed E-state index contributed by atoms with van der Waals surface area (Å²) in [5.41, 5.74) is 1.11. The number of aryl methyl sites for hydroxylation is 1. The van der Waals surface area contributed by atoms with Crippen LogP contribution in [0, 0.1) is 29.6 Å². The second-order valence-electron chi connectivity index (χ2n) is 4.10. The van der Waals surface area contributed by atoms with E-state index in [1.807, 2.05) is 13.0 Å². The molecule has 0 saturated carbocycles. The van der Waals surface area contributed by atoms with Crippen molar-refractivity contribution >= 4 is 17.5 Å². The van der Waals surface area contributed by atoms with Gasteiger partial charge in [-0.15, -0.1) is 0 Å². The minimum Gasteiger partial charge on any atom is -0.372 e. The van der Waals surface area contributed by atoms with Gasteiger partial charge in [0.05, 0.1) is 5.56 Å². The number of hydrogen-bond donors (Lipinski definition) is 1. The molecule has 0 unspecified atom stereocenters. The lowest BCUT2D eigenvalue weighted by Crippen LogP contribution is -2.20. The van der Waals surface area contributed by atoms with Gasteiger partial charge in [0, 0.05) is 13.2 Å². The zero-order valence-electron chi connectivity index (χ0n) is 11.0. The first-order valence-electron chi connectivity index (χ1n) is 5.84. The van der Waals surface area contributed by atoms with Crippen LogP contribution in [-0.4, -0.2) is 16.4 Å². The van der Waals surface area contributed by atoms with Crippen molar-refractivity contribution in [2.24, 2.45) is 0 Å². The summed E-state index contributed by atoms with van der Waals surface area (Å²) in [5.74, 6) is 0.340. The second kappa shape index (κ2) is 5.25. The fourth-order valence-electron chi connectivity index (χ4n) is 1.87. The number of hydrogen-bond acceptors (Lipinski definition) is 5. The Morgan fingerprint density at radius 1 is 1.45 bits per heavy atom. The minimum atomic E-state index is -0.328. The summed E-state index contributed by atoms with van der Waals surface area (Å²) in [5, 5.41) is 20.4. The molecule has 0 amide bonds. The molecule has 0 atom stereocenters. The van der Waals surface area contributed by atoms with E-state index in [4.69, 9.17) is 10.5 Å². The van der Waals surface area contributed by atoms with Gasteiger partial charge in [0.25, 0.3) is 5.56 Å². The Bertz CT molecular complexity index is 833. The van der Waals surface area contributed by atoms with Crippen LogP contribution in [0.2, 0.25) is 0 Å². The summed E-state index contributed by atoms with van der Waals surface area (Å²) >= 11 is 0. The predicted octanol–water partition coefficient (Wildman–Crippen LogP) is 1.48. The first-order chi connectivity index (χ1) is 9.62. The van der Waals surface area contributed by atoms with Gasteiger partial charge in [-0.25, -0.2) is 4.98 Å². The summed E-state index contributed by atoms with van der Waals surface area (Å²) in [4.78, 5) is 16.8. The van der Waals surface area contributed by atoms with Crippen molar-refractivity contribution in [3.05, 3.63) is 45.4 Å². The quantitative estimate of drug-likeness (QED) is 0.830. The third kappa shape index (κ3) is 2.11. The fraction of sp³-hybridized carbons (Fsp3) is 0.143. The Morgan fingerprint density at radius 2 is 2.15 bits per heavy atom.